The minimum Gasteiger partial charge on any atom is -0.480 e. The van der Waals surface area contributed by atoms with Crippen molar-refractivity contribution in [1.29, 1.82) is 0 Å². The molecule has 0 unspecified atom stereocenters. The summed E-state index contributed by atoms with van der Waals surface area (Å²) in [5, 5.41) is 10.9. The lowest BCUT2D eigenvalue weighted by atomic mass is 10.1. The summed E-state index contributed by atoms with van der Waals surface area (Å²) >= 11 is 3.93. The van der Waals surface area contributed by atoms with Crippen LogP contribution in [0.15, 0.2) is 0 Å². The van der Waals surface area contributed by atoms with Crippen molar-refractivity contribution in [3.05, 3.63) is 0 Å². The van der Waals surface area contributed by atoms with Gasteiger partial charge in [0.05, 0.1) is 6.61 Å². The molecule has 0 aliphatic carbocycles. The third kappa shape index (κ3) is 6.45. The molecule has 0 radical (unpaired) electrons. The number of nitrogens with two attached hydrogens (primary N) is 1. The van der Waals surface area contributed by atoms with Crippen LogP contribution in [0.25, 0.3) is 0 Å². The van der Waals surface area contributed by atoms with Crippen molar-refractivity contribution in [1.82, 2.24) is 5.32 Å². The Kier molecular flexibility index (Phi) is 8.14. The van der Waals surface area contributed by atoms with Crippen molar-refractivity contribution < 1.29 is 24.2 Å². The predicted molar refractivity (Wildman–Crippen MR) is 67.3 cm³/mol. The molecule has 0 aromatic rings. The third-order valence-corrected chi connectivity index (χ3v) is 2.45. The van der Waals surface area contributed by atoms with Gasteiger partial charge in [-0.3, -0.25) is 9.59 Å². The van der Waals surface area contributed by atoms with E-state index in [1.807, 2.05) is 0 Å². The van der Waals surface area contributed by atoms with E-state index in [1.54, 1.807) is 6.92 Å². The zero-order valence-electron chi connectivity index (χ0n) is 10.1. The largest absolute Gasteiger partial charge is 0.480 e. The molecule has 7 nitrogen and oxygen atoms in total. The Hall–Kier alpha value is -1.28. The van der Waals surface area contributed by atoms with Gasteiger partial charge in [-0.15, -0.1) is 0 Å². The summed E-state index contributed by atoms with van der Waals surface area (Å²) in [5.74, 6) is -2.09. The lowest BCUT2D eigenvalue weighted by molar-refractivity contribution is -0.146. The third-order valence-electron chi connectivity index (χ3n) is 2.09. The van der Waals surface area contributed by atoms with Crippen molar-refractivity contribution in [2.75, 3.05) is 12.4 Å². The van der Waals surface area contributed by atoms with Crippen molar-refractivity contribution >= 4 is 30.5 Å². The number of carbonyl (C=O) groups excluding carboxylic acids is 2. The number of hydrogen-bond acceptors (Lipinski definition) is 6. The van der Waals surface area contributed by atoms with E-state index in [9.17, 15) is 14.4 Å². The summed E-state index contributed by atoms with van der Waals surface area (Å²) in [6, 6.07) is -1.92. The van der Waals surface area contributed by atoms with Gasteiger partial charge in [0.2, 0.25) is 5.91 Å². The molecule has 1 amide bonds. The number of carbonyl (C=O) groups is 3. The van der Waals surface area contributed by atoms with Crippen molar-refractivity contribution in [2.24, 2.45) is 5.73 Å². The Bertz CT molecular complexity index is 311. The average Bonchev–Trinajstić information content (AvgIpc) is 2.32. The van der Waals surface area contributed by atoms with E-state index >= 15 is 0 Å². The average molecular weight is 278 g/mol. The first-order valence-electron chi connectivity index (χ1n) is 5.47. The monoisotopic (exact) mass is 278 g/mol. The first-order valence-corrected chi connectivity index (χ1v) is 6.10. The predicted octanol–water partition coefficient (Wildman–Crippen LogP) is -0.844. The van der Waals surface area contributed by atoms with Crippen LogP contribution in [0.2, 0.25) is 0 Å². The molecule has 0 saturated carbocycles. The highest BCUT2D eigenvalue weighted by atomic mass is 32.1. The molecule has 0 aromatic heterocycles. The molecule has 0 heterocycles. The molecule has 0 saturated heterocycles. The van der Waals surface area contributed by atoms with Crippen molar-refractivity contribution in [3.8, 4) is 0 Å². The zero-order chi connectivity index (χ0) is 14.1. The maximum atomic E-state index is 11.4. The molecule has 0 rings (SSSR count). The quantitative estimate of drug-likeness (QED) is 0.339. The van der Waals surface area contributed by atoms with Gasteiger partial charge in [0.25, 0.3) is 0 Å². The molecule has 0 aliphatic rings. The number of carboxylic acid groups (broad SMARTS) is 1. The van der Waals surface area contributed by atoms with E-state index in [1.165, 1.54) is 0 Å². The van der Waals surface area contributed by atoms with E-state index in [0.29, 0.717) is 0 Å². The van der Waals surface area contributed by atoms with Gasteiger partial charge in [-0.2, -0.15) is 12.6 Å². The van der Waals surface area contributed by atoms with Crippen LogP contribution in [0, 0.1) is 0 Å². The molecule has 8 heteroatoms. The maximum absolute atomic E-state index is 11.4. The van der Waals surface area contributed by atoms with Crippen molar-refractivity contribution in [3.63, 3.8) is 0 Å². The number of ether oxygens (including phenoxy) is 1. The summed E-state index contributed by atoms with van der Waals surface area (Å²) < 4.78 is 4.74. The van der Waals surface area contributed by atoms with E-state index in [0.717, 1.165) is 0 Å². The van der Waals surface area contributed by atoms with Gasteiger partial charge < -0.3 is 20.9 Å². The number of carboxylic acids is 1. The van der Waals surface area contributed by atoms with Crippen LogP contribution in [-0.2, 0) is 19.1 Å². The highest BCUT2D eigenvalue weighted by Gasteiger charge is 2.21. The summed E-state index contributed by atoms with van der Waals surface area (Å²) in [6.45, 7) is 1.87. The van der Waals surface area contributed by atoms with E-state index in [4.69, 9.17) is 15.6 Å². The highest BCUT2D eigenvalue weighted by Crippen LogP contribution is 1.98. The van der Waals surface area contributed by atoms with Crippen LogP contribution in [0.4, 0.5) is 0 Å². The summed E-state index contributed by atoms with van der Waals surface area (Å²) in [5.41, 5.74) is 5.25. The second-order valence-corrected chi connectivity index (χ2v) is 3.90. The van der Waals surface area contributed by atoms with E-state index in [2.05, 4.69) is 17.9 Å². The Morgan fingerprint density at radius 1 is 1.44 bits per heavy atom. The van der Waals surface area contributed by atoms with Gasteiger partial charge >= 0.3 is 11.9 Å². The van der Waals surface area contributed by atoms with Crippen LogP contribution in [-0.4, -0.2) is 47.4 Å². The minimum atomic E-state index is -1.17. The van der Waals surface area contributed by atoms with E-state index < -0.39 is 29.9 Å². The Labute approximate surface area is 110 Å². The van der Waals surface area contributed by atoms with Crippen LogP contribution in [0.5, 0.6) is 0 Å². The fourth-order valence-corrected chi connectivity index (χ4v) is 1.34. The zero-order valence-corrected chi connectivity index (χ0v) is 11.0. The van der Waals surface area contributed by atoms with Crippen LogP contribution >= 0.6 is 12.6 Å². The molecule has 0 bridgehead atoms. The SMILES string of the molecule is CCOC(=O)[C@H](CS)NC(=O)CC[C@H](N)C(=O)O. The lowest BCUT2D eigenvalue weighted by Crippen LogP contribution is -2.43. The molecule has 104 valence electrons. The summed E-state index contributed by atoms with van der Waals surface area (Å²) in [7, 11) is 0. The summed E-state index contributed by atoms with van der Waals surface area (Å²) in [6.07, 6.45) is -0.0690. The van der Waals surface area contributed by atoms with Crippen LogP contribution in [0.3, 0.4) is 0 Å². The van der Waals surface area contributed by atoms with E-state index in [-0.39, 0.29) is 25.2 Å². The topological polar surface area (TPSA) is 119 Å². The van der Waals surface area contributed by atoms with Gasteiger partial charge in [0.1, 0.15) is 12.1 Å². The molecular formula is C10H18N2O5S. The molecule has 4 N–H and O–H groups in total. The molecule has 18 heavy (non-hydrogen) atoms. The minimum absolute atomic E-state index is 0.00326. The molecule has 0 aromatic carbocycles. The van der Waals surface area contributed by atoms with Gasteiger partial charge in [0, 0.05) is 12.2 Å². The normalized spacial score (nSPS) is 13.5. The smallest absolute Gasteiger partial charge is 0.329 e. The standard InChI is InChI=1S/C10H18N2O5S/c1-2-17-10(16)7(5-18)12-8(13)4-3-6(11)9(14)15/h6-7,18H,2-5,11H2,1H3,(H,12,13)(H,14,15)/t6-,7-/m0/s1. The lowest BCUT2D eigenvalue weighted by Gasteiger charge is -2.15. The molecule has 0 aliphatic heterocycles. The molecule has 0 fully saturated rings. The Morgan fingerprint density at radius 2 is 2.06 bits per heavy atom. The number of hydrogen-bond donors (Lipinski definition) is 4. The number of rotatable bonds is 8. The first-order chi connectivity index (χ1) is 8.42. The first kappa shape index (κ1) is 16.7. The second kappa shape index (κ2) is 8.76. The fourth-order valence-electron chi connectivity index (χ4n) is 1.10. The number of esters is 1. The Morgan fingerprint density at radius 3 is 2.50 bits per heavy atom. The van der Waals surface area contributed by atoms with Gasteiger partial charge in [-0.1, -0.05) is 0 Å². The fraction of sp³-hybridized carbons (Fsp3) is 0.700. The van der Waals surface area contributed by atoms with Crippen LogP contribution in [0.1, 0.15) is 19.8 Å². The number of nitrogens with one attached hydrogen (secondary N) is 1. The number of aliphatic carboxylic acids is 1. The van der Waals surface area contributed by atoms with Crippen molar-refractivity contribution in [2.45, 2.75) is 31.8 Å². The second-order valence-electron chi connectivity index (χ2n) is 3.54. The number of thiol groups is 1. The van der Waals surface area contributed by atoms with Gasteiger partial charge in [0.15, 0.2) is 0 Å². The molecular weight excluding hydrogens is 260 g/mol. The summed E-state index contributed by atoms with van der Waals surface area (Å²) in [4.78, 5) is 33.2. The molecule has 2 atom stereocenters. The molecule has 0 spiro atoms. The number of amides is 1. The van der Waals surface area contributed by atoms with Gasteiger partial charge in [-0.25, -0.2) is 4.79 Å². The highest BCUT2D eigenvalue weighted by molar-refractivity contribution is 7.80. The Balaban J connectivity index is 4.12. The van der Waals surface area contributed by atoms with Gasteiger partial charge in [-0.05, 0) is 13.3 Å². The van der Waals surface area contributed by atoms with Crippen LogP contribution < -0.4 is 11.1 Å². The maximum Gasteiger partial charge on any atom is 0.329 e.